The lowest BCUT2D eigenvalue weighted by molar-refractivity contribution is -0.131. The molecule has 3 fully saturated rings. The van der Waals surface area contributed by atoms with E-state index >= 15 is 0 Å². The van der Waals surface area contributed by atoms with E-state index in [0.29, 0.717) is 59.0 Å². The Bertz CT molecular complexity index is 515. The summed E-state index contributed by atoms with van der Waals surface area (Å²) >= 11 is 0. The molecule has 8 nitrogen and oxygen atoms in total. The van der Waals surface area contributed by atoms with Gasteiger partial charge in [-0.15, -0.1) is 12.4 Å². The van der Waals surface area contributed by atoms with Crippen molar-refractivity contribution in [2.75, 3.05) is 65.6 Å². The average molecular weight is 383 g/mol. The number of hydrogen-bond acceptors (Lipinski definition) is 5. The number of nitrogens with zero attached hydrogens (tertiary/aromatic N) is 3. The van der Waals surface area contributed by atoms with Gasteiger partial charge in [-0.1, -0.05) is 0 Å². The van der Waals surface area contributed by atoms with Crippen LogP contribution in [0.25, 0.3) is 0 Å². The highest BCUT2D eigenvalue weighted by Crippen LogP contribution is 2.27. The second kappa shape index (κ2) is 8.77. The quantitative estimate of drug-likeness (QED) is 0.645. The van der Waals surface area contributed by atoms with Gasteiger partial charge in [0.1, 0.15) is 0 Å². The maximum absolute atomic E-state index is 12.6. The fourth-order valence-corrected chi connectivity index (χ4v) is 4.49. The van der Waals surface area contributed by atoms with E-state index in [4.69, 9.17) is 4.74 Å². The van der Waals surface area contributed by atoms with Crippen LogP contribution in [-0.4, -0.2) is 93.4 Å². The summed E-state index contributed by atoms with van der Waals surface area (Å²) in [6.45, 7) is 4.65. The highest BCUT2D eigenvalue weighted by atomic mass is 35.5. The Labute approximate surface area is 150 Å². The number of nitrogens with one attached hydrogen (secondary N) is 1. The van der Waals surface area contributed by atoms with Crippen molar-refractivity contribution in [3.8, 4) is 0 Å². The van der Waals surface area contributed by atoms with Crippen LogP contribution in [0.5, 0.6) is 0 Å². The molecule has 0 bridgehead atoms. The minimum atomic E-state index is -3.42. The fourth-order valence-electron chi connectivity index (χ4n) is 2.93. The number of piperazine rings is 1. The van der Waals surface area contributed by atoms with Gasteiger partial charge in [0.2, 0.25) is 5.91 Å². The maximum Gasteiger partial charge on any atom is 0.282 e. The van der Waals surface area contributed by atoms with Crippen LogP contribution in [0.15, 0.2) is 0 Å². The number of rotatable bonds is 6. The molecule has 2 aliphatic heterocycles. The van der Waals surface area contributed by atoms with Crippen molar-refractivity contribution in [2.45, 2.75) is 12.8 Å². The molecule has 1 saturated carbocycles. The summed E-state index contributed by atoms with van der Waals surface area (Å²) in [7, 11) is -3.42. The topological polar surface area (TPSA) is 82.2 Å². The van der Waals surface area contributed by atoms with Gasteiger partial charge < -0.3 is 15.0 Å². The van der Waals surface area contributed by atoms with Crippen molar-refractivity contribution in [1.82, 2.24) is 18.8 Å². The molecule has 1 N–H and O–H groups in total. The molecule has 2 heterocycles. The van der Waals surface area contributed by atoms with Gasteiger partial charge in [-0.25, -0.2) is 0 Å². The zero-order valence-corrected chi connectivity index (χ0v) is 15.5. The molecule has 1 aliphatic carbocycles. The number of hydrogen-bond donors (Lipinski definition) is 1. The molecule has 24 heavy (non-hydrogen) atoms. The van der Waals surface area contributed by atoms with Crippen molar-refractivity contribution in [1.29, 1.82) is 0 Å². The van der Waals surface area contributed by atoms with Crippen LogP contribution in [-0.2, 0) is 19.7 Å². The maximum atomic E-state index is 12.6. The van der Waals surface area contributed by atoms with E-state index < -0.39 is 10.2 Å². The number of ether oxygens (including phenoxy) is 1. The number of amides is 1. The lowest BCUT2D eigenvalue weighted by atomic mass is 10.3. The summed E-state index contributed by atoms with van der Waals surface area (Å²) in [5.41, 5.74) is 0. The highest BCUT2D eigenvalue weighted by Gasteiger charge is 2.34. The van der Waals surface area contributed by atoms with E-state index in [1.807, 2.05) is 0 Å². The Hall–Kier alpha value is -0.450. The van der Waals surface area contributed by atoms with Crippen LogP contribution in [0.3, 0.4) is 0 Å². The molecule has 3 aliphatic rings. The molecule has 0 atom stereocenters. The minimum Gasteiger partial charge on any atom is -0.379 e. The zero-order valence-electron chi connectivity index (χ0n) is 13.9. The molecule has 140 valence electrons. The molecule has 0 aromatic carbocycles. The van der Waals surface area contributed by atoms with E-state index in [1.165, 1.54) is 21.5 Å². The first-order chi connectivity index (χ1) is 11.1. The van der Waals surface area contributed by atoms with Gasteiger partial charge in [0, 0.05) is 39.3 Å². The normalized spacial score (nSPS) is 23.8. The Morgan fingerprint density at radius 2 is 1.58 bits per heavy atom. The molecule has 0 spiro atoms. The first-order valence-corrected chi connectivity index (χ1v) is 9.78. The van der Waals surface area contributed by atoms with Gasteiger partial charge in [-0.2, -0.15) is 17.0 Å². The second-order valence-electron chi connectivity index (χ2n) is 6.37. The molecule has 3 rings (SSSR count). The molecular formula is C14H27ClN4O4S. The third kappa shape index (κ3) is 5.03. The number of carbonyl (C=O) groups excluding carboxylic acids is 1. The molecule has 1 amide bonds. The van der Waals surface area contributed by atoms with Crippen LogP contribution in [0.1, 0.15) is 12.8 Å². The van der Waals surface area contributed by atoms with Crippen LogP contribution in [0.2, 0.25) is 0 Å². The third-order valence-electron chi connectivity index (χ3n) is 4.62. The van der Waals surface area contributed by atoms with E-state index in [-0.39, 0.29) is 18.3 Å². The first kappa shape index (κ1) is 19.9. The number of morpholine rings is 1. The van der Waals surface area contributed by atoms with Crippen molar-refractivity contribution >= 4 is 28.5 Å². The largest absolute Gasteiger partial charge is 0.379 e. The van der Waals surface area contributed by atoms with Gasteiger partial charge >= 0.3 is 0 Å². The van der Waals surface area contributed by atoms with Crippen LogP contribution < -0.4 is 5.32 Å². The van der Waals surface area contributed by atoms with Gasteiger partial charge in [-0.3, -0.25) is 4.79 Å². The summed E-state index contributed by atoms with van der Waals surface area (Å²) in [5.74, 6) is 0.812. The Morgan fingerprint density at radius 1 is 1.00 bits per heavy atom. The van der Waals surface area contributed by atoms with E-state index in [2.05, 4.69) is 5.32 Å². The van der Waals surface area contributed by atoms with E-state index in [9.17, 15) is 13.2 Å². The molecular weight excluding hydrogens is 356 g/mol. The average Bonchev–Trinajstić information content (AvgIpc) is 3.40. The first-order valence-electron chi connectivity index (χ1n) is 8.39. The second-order valence-corrected chi connectivity index (χ2v) is 8.30. The van der Waals surface area contributed by atoms with Crippen molar-refractivity contribution in [3.63, 3.8) is 0 Å². The summed E-state index contributed by atoms with van der Waals surface area (Å²) < 4.78 is 33.3. The monoisotopic (exact) mass is 382 g/mol. The minimum absolute atomic E-state index is 0. The zero-order chi connectivity index (χ0) is 16.3. The van der Waals surface area contributed by atoms with Crippen LogP contribution in [0, 0.1) is 5.92 Å². The number of carbonyl (C=O) groups is 1. The lowest BCUT2D eigenvalue weighted by Crippen LogP contribution is -2.56. The van der Waals surface area contributed by atoms with E-state index in [0.717, 1.165) is 12.5 Å². The Morgan fingerprint density at radius 3 is 2.17 bits per heavy atom. The molecule has 0 unspecified atom stereocenters. The summed E-state index contributed by atoms with van der Waals surface area (Å²) in [4.78, 5) is 13.9. The molecule has 0 aromatic heterocycles. The summed E-state index contributed by atoms with van der Waals surface area (Å²) in [6, 6.07) is 0. The fraction of sp³-hybridized carbons (Fsp3) is 0.929. The Balaban J connectivity index is 0.00000208. The predicted molar refractivity (Wildman–Crippen MR) is 92.3 cm³/mol. The van der Waals surface area contributed by atoms with Gasteiger partial charge in [-0.05, 0) is 25.3 Å². The van der Waals surface area contributed by atoms with Gasteiger partial charge in [0.05, 0.1) is 19.8 Å². The summed E-state index contributed by atoms with van der Waals surface area (Å²) in [5, 5.41) is 3.19. The molecule has 10 heteroatoms. The SMILES string of the molecule is Cl.O=C(CNCC1CC1)N1CCN(S(=O)(=O)N2CCOCC2)CC1. The van der Waals surface area contributed by atoms with Crippen molar-refractivity contribution in [3.05, 3.63) is 0 Å². The molecule has 2 saturated heterocycles. The lowest BCUT2D eigenvalue weighted by Gasteiger charge is -2.37. The molecule has 0 radical (unpaired) electrons. The van der Waals surface area contributed by atoms with Gasteiger partial charge in [0.25, 0.3) is 10.2 Å². The van der Waals surface area contributed by atoms with Crippen LogP contribution >= 0.6 is 12.4 Å². The predicted octanol–water partition coefficient (Wildman–Crippen LogP) is -0.871. The standard InChI is InChI=1S/C14H26N4O4S.ClH/c19-14(12-15-11-13-1-2-13)16-3-5-17(6-4-16)23(20,21)18-7-9-22-10-8-18;/h13,15H,1-12H2;1H. The van der Waals surface area contributed by atoms with E-state index in [1.54, 1.807) is 4.90 Å². The third-order valence-corrected chi connectivity index (χ3v) is 6.66. The van der Waals surface area contributed by atoms with Crippen molar-refractivity contribution < 1.29 is 17.9 Å². The molecule has 0 aromatic rings. The Kier molecular flexibility index (Phi) is 7.26. The van der Waals surface area contributed by atoms with Gasteiger partial charge in [0.15, 0.2) is 0 Å². The highest BCUT2D eigenvalue weighted by molar-refractivity contribution is 7.86. The summed E-state index contributed by atoms with van der Waals surface area (Å²) in [6.07, 6.45) is 2.53. The number of halogens is 1. The van der Waals surface area contributed by atoms with Crippen LogP contribution in [0.4, 0.5) is 0 Å². The smallest absolute Gasteiger partial charge is 0.282 e. The van der Waals surface area contributed by atoms with Crippen molar-refractivity contribution in [2.24, 2.45) is 5.92 Å².